The van der Waals surface area contributed by atoms with Gasteiger partial charge in [-0.2, -0.15) is 0 Å². The Morgan fingerprint density at radius 1 is 1.48 bits per heavy atom. The first-order chi connectivity index (χ1) is 9.97. The van der Waals surface area contributed by atoms with Crippen LogP contribution in [0.4, 0.5) is 0 Å². The highest BCUT2D eigenvalue weighted by atomic mass is 35.5. The number of amides is 1. The number of hydrogen-bond donors (Lipinski definition) is 1. The summed E-state index contributed by atoms with van der Waals surface area (Å²) in [6.07, 6.45) is 4.21. The monoisotopic (exact) mass is 307 g/mol. The number of carboxylic acid groups (broad SMARTS) is 1. The van der Waals surface area contributed by atoms with E-state index in [4.69, 9.17) is 11.6 Å². The van der Waals surface area contributed by atoms with Crippen LogP contribution < -0.4 is 0 Å². The molecule has 0 aromatic heterocycles. The number of benzene rings is 1. The third-order valence-corrected chi connectivity index (χ3v) is 4.30. The predicted octanol–water partition coefficient (Wildman–Crippen LogP) is 3.07. The van der Waals surface area contributed by atoms with E-state index in [-0.39, 0.29) is 12.5 Å². The van der Waals surface area contributed by atoms with Gasteiger partial charge in [-0.1, -0.05) is 30.7 Å². The van der Waals surface area contributed by atoms with Gasteiger partial charge >= 0.3 is 5.97 Å². The van der Waals surface area contributed by atoms with Crippen LogP contribution in [0.5, 0.6) is 0 Å². The first-order valence-corrected chi connectivity index (χ1v) is 7.30. The lowest BCUT2D eigenvalue weighted by Crippen LogP contribution is -2.35. The number of likely N-dealkylation sites (tertiary alicyclic amines) is 1. The summed E-state index contributed by atoms with van der Waals surface area (Å²) < 4.78 is 0. The molecule has 1 aliphatic heterocycles. The molecule has 0 saturated carbocycles. The molecule has 1 fully saturated rings. The molecule has 1 aromatic rings. The minimum atomic E-state index is -0.820. The van der Waals surface area contributed by atoms with Gasteiger partial charge in [0.15, 0.2) is 0 Å². The van der Waals surface area contributed by atoms with Gasteiger partial charge in [0.05, 0.1) is 5.41 Å². The van der Waals surface area contributed by atoms with Crippen LogP contribution in [-0.2, 0) is 9.59 Å². The number of nitrogens with zero attached hydrogens (tertiary/aromatic N) is 1. The van der Waals surface area contributed by atoms with Crippen molar-refractivity contribution in [3.8, 4) is 0 Å². The lowest BCUT2D eigenvalue weighted by Gasteiger charge is -2.22. The van der Waals surface area contributed by atoms with Gasteiger partial charge in [-0.05, 0) is 36.6 Å². The van der Waals surface area contributed by atoms with E-state index in [2.05, 4.69) is 0 Å². The molecule has 1 atom stereocenters. The lowest BCUT2D eigenvalue weighted by molar-refractivity contribution is -0.148. The molecule has 1 amide bonds. The lowest BCUT2D eigenvalue weighted by atomic mass is 9.84. The van der Waals surface area contributed by atoms with Crippen LogP contribution in [-0.4, -0.2) is 35.0 Å². The zero-order chi connectivity index (χ0) is 15.5. The largest absolute Gasteiger partial charge is 0.481 e. The van der Waals surface area contributed by atoms with Gasteiger partial charge in [0, 0.05) is 24.2 Å². The average Bonchev–Trinajstić information content (AvgIpc) is 2.91. The molecule has 1 heterocycles. The summed E-state index contributed by atoms with van der Waals surface area (Å²) in [6, 6.07) is 7.20. The van der Waals surface area contributed by atoms with Gasteiger partial charge < -0.3 is 10.0 Å². The molecule has 4 nitrogen and oxygen atoms in total. The van der Waals surface area contributed by atoms with Gasteiger partial charge in [0.2, 0.25) is 5.91 Å². The van der Waals surface area contributed by atoms with Crippen molar-refractivity contribution in [1.82, 2.24) is 4.90 Å². The Morgan fingerprint density at radius 2 is 2.24 bits per heavy atom. The van der Waals surface area contributed by atoms with E-state index < -0.39 is 11.4 Å². The SMILES string of the molecule is CCC1(C(=O)O)CCN(C(=O)C=Cc2cccc(Cl)c2)C1. The molecule has 1 aromatic carbocycles. The van der Waals surface area contributed by atoms with Crippen molar-refractivity contribution in [2.45, 2.75) is 19.8 Å². The van der Waals surface area contributed by atoms with Crippen LogP contribution in [0, 0.1) is 5.41 Å². The molecule has 1 N–H and O–H groups in total. The zero-order valence-electron chi connectivity index (χ0n) is 11.9. The number of rotatable bonds is 4. The molecule has 21 heavy (non-hydrogen) atoms. The summed E-state index contributed by atoms with van der Waals surface area (Å²) in [4.78, 5) is 25.1. The van der Waals surface area contributed by atoms with Gasteiger partial charge in [-0.3, -0.25) is 9.59 Å². The first-order valence-electron chi connectivity index (χ1n) is 6.93. The number of hydrogen-bond acceptors (Lipinski definition) is 2. The Labute approximate surface area is 129 Å². The second-order valence-corrected chi connectivity index (χ2v) is 5.77. The summed E-state index contributed by atoms with van der Waals surface area (Å²) in [6.45, 7) is 2.61. The molecule has 2 rings (SSSR count). The van der Waals surface area contributed by atoms with E-state index in [0.29, 0.717) is 24.4 Å². The molecule has 1 unspecified atom stereocenters. The van der Waals surface area contributed by atoms with Crippen molar-refractivity contribution >= 4 is 29.6 Å². The topological polar surface area (TPSA) is 57.6 Å². The summed E-state index contributed by atoms with van der Waals surface area (Å²) >= 11 is 5.88. The molecular weight excluding hydrogens is 290 g/mol. The second kappa shape index (κ2) is 6.31. The quantitative estimate of drug-likeness (QED) is 0.870. The maximum Gasteiger partial charge on any atom is 0.311 e. The minimum absolute atomic E-state index is 0.161. The summed E-state index contributed by atoms with van der Waals surface area (Å²) in [7, 11) is 0. The van der Waals surface area contributed by atoms with Gasteiger partial charge in [-0.25, -0.2) is 0 Å². The fourth-order valence-electron chi connectivity index (χ4n) is 2.56. The average molecular weight is 308 g/mol. The predicted molar refractivity (Wildman–Crippen MR) is 82.0 cm³/mol. The maximum atomic E-state index is 12.1. The Kier molecular flexibility index (Phi) is 4.68. The summed E-state index contributed by atoms with van der Waals surface area (Å²) in [5.41, 5.74) is 0.0505. The second-order valence-electron chi connectivity index (χ2n) is 5.34. The highest BCUT2D eigenvalue weighted by Gasteiger charge is 2.44. The van der Waals surface area contributed by atoms with Crippen molar-refractivity contribution in [3.05, 3.63) is 40.9 Å². The number of halogens is 1. The van der Waals surface area contributed by atoms with Crippen molar-refractivity contribution in [2.24, 2.45) is 5.41 Å². The number of carbonyl (C=O) groups excluding carboxylic acids is 1. The molecule has 0 radical (unpaired) electrons. The van der Waals surface area contributed by atoms with Crippen molar-refractivity contribution in [1.29, 1.82) is 0 Å². The van der Waals surface area contributed by atoms with Gasteiger partial charge in [0.1, 0.15) is 0 Å². The van der Waals surface area contributed by atoms with E-state index in [1.54, 1.807) is 23.1 Å². The van der Waals surface area contributed by atoms with E-state index in [0.717, 1.165) is 5.56 Å². The fourth-order valence-corrected chi connectivity index (χ4v) is 2.76. The van der Waals surface area contributed by atoms with Crippen LogP contribution in [0.2, 0.25) is 5.02 Å². The molecule has 1 saturated heterocycles. The number of carboxylic acids is 1. The molecule has 0 spiro atoms. The highest BCUT2D eigenvalue weighted by molar-refractivity contribution is 6.30. The van der Waals surface area contributed by atoms with Crippen LogP contribution >= 0.6 is 11.6 Å². The first kappa shape index (κ1) is 15.6. The molecule has 0 bridgehead atoms. The van der Waals surface area contributed by atoms with Crippen LogP contribution in [0.3, 0.4) is 0 Å². The van der Waals surface area contributed by atoms with Crippen molar-refractivity contribution in [3.63, 3.8) is 0 Å². The minimum Gasteiger partial charge on any atom is -0.481 e. The van der Waals surface area contributed by atoms with Crippen LogP contribution in [0.15, 0.2) is 30.3 Å². The van der Waals surface area contributed by atoms with Crippen LogP contribution in [0.25, 0.3) is 6.08 Å². The Hall–Kier alpha value is -1.81. The van der Waals surface area contributed by atoms with Crippen molar-refractivity contribution < 1.29 is 14.7 Å². The Morgan fingerprint density at radius 3 is 2.81 bits per heavy atom. The number of carbonyl (C=O) groups is 2. The summed E-state index contributed by atoms with van der Waals surface area (Å²) in [5, 5.41) is 9.94. The smallest absolute Gasteiger partial charge is 0.311 e. The standard InChI is InChI=1S/C16H18ClNO3/c1-2-16(15(20)21)8-9-18(11-16)14(19)7-6-12-4-3-5-13(17)10-12/h3-7,10H,2,8-9,11H2,1H3,(H,20,21). The Bertz CT molecular complexity index is 585. The van der Waals surface area contributed by atoms with Gasteiger partial charge in [0.25, 0.3) is 0 Å². The summed E-state index contributed by atoms with van der Waals surface area (Å²) in [5.74, 6) is -0.981. The Balaban J connectivity index is 2.04. The van der Waals surface area contributed by atoms with Crippen molar-refractivity contribution in [2.75, 3.05) is 13.1 Å². The van der Waals surface area contributed by atoms with E-state index in [1.807, 2.05) is 19.1 Å². The maximum absolute atomic E-state index is 12.1. The third-order valence-electron chi connectivity index (χ3n) is 4.06. The third kappa shape index (κ3) is 3.45. The fraction of sp³-hybridized carbons (Fsp3) is 0.375. The number of aliphatic carboxylic acids is 1. The molecular formula is C16H18ClNO3. The highest BCUT2D eigenvalue weighted by Crippen LogP contribution is 2.34. The zero-order valence-corrected chi connectivity index (χ0v) is 12.6. The molecule has 0 aliphatic carbocycles. The normalized spacial score (nSPS) is 21.9. The molecule has 1 aliphatic rings. The van der Waals surface area contributed by atoms with E-state index >= 15 is 0 Å². The molecule has 5 heteroatoms. The van der Waals surface area contributed by atoms with E-state index in [9.17, 15) is 14.7 Å². The van der Waals surface area contributed by atoms with E-state index in [1.165, 1.54) is 6.08 Å². The van der Waals surface area contributed by atoms with Crippen LogP contribution in [0.1, 0.15) is 25.3 Å². The molecule has 112 valence electrons. The van der Waals surface area contributed by atoms with Gasteiger partial charge in [-0.15, -0.1) is 0 Å².